The molecule has 0 saturated carbocycles. The summed E-state index contributed by atoms with van der Waals surface area (Å²) in [6.45, 7) is 2.70. The molecule has 0 aliphatic carbocycles. The van der Waals surface area contributed by atoms with Gasteiger partial charge in [-0.1, -0.05) is 46.9 Å². The molecule has 0 spiro atoms. The van der Waals surface area contributed by atoms with Gasteiger partial charge < -0.3 is 15.1 Å². The maximum atomic E-state index is 12.4. The van der Waals surface area contributed by atoms with Gasteiger partial charge in [-0.3, -0.25) is 0 Å². The molecule has 0 aromatic heterocycles. The lowest BCUT2D eigenvalue weighted by molar-refractivity contribution is 0.208. The second-order valence-electron chi connectivity index (χ2n) is 5.48. The number of nitrogens with one attached hydrogen (secondary N) is 1. The van der Waals surface area contributed by atoms with Crippen molar-refractivity contribution in [1.29, 1.82) is 0 Å². The van der Waals surface area contributed by atoms with Crippen LogP contribution in [-0.2, 0) is 0 Å². The van der Waals surface area contributed by atoms with E-state index in [1.807, 2.05) is 24.3 Å². The highest BCUT2D eigenvalue weighted by atomic mass is 35.5. The summed E-state index contributed by atoms with van der Waals surface area (Å²) in [6.07, 6.45) is 0. The SMILES string of the molecule is O=C(Nc1ccccc1Cl)N1CCN(c2ccc(Cl)c(Cl)c2)CC1. The number of carbonyl (C=O) groups excluding carboxylic acids is 1. The summed E-state index contributed by atoms with van der Waals surface area (Å²) in [6, 6.07) is 12.6. The quantitative estimate of drug-likeness (QED) is 0.791. The van der Waals surface area contributed by atoms with E-state index in [0.29, 0.717) is 33.8 Å². The number of halogens is 3. The number of rotatable bonds is 2. The van der Waals surface area contributed by atoms with E-state index in [1.54, 1.807) is 23.1 Å². The summed E-state index contributed by atoms with van der Waals surface area (Å²) in [5, 5.41) is 4.45. The molecule has 3 rings (SSSR count). The Hall–Kier alpha value is -1.62. The molecule has 1 saturated heterocycles. The van der Waals surface area contributed by atoms with Crippen LogP contribution < -0.4 is 10.2 Å². The molecular weight excluding hydrogens is 369 g/mol. The Morgan fingerprint density at radius 2 is 1.58 bits per heavy atom. The third kappa shape index (κ3) is 3.89. The van der Waals surface area contributed by atoms with E-state index in [1.165, 1.54) is 0 Å². The Bertz CT molecular complexity index is 746. The minimum atomic E-state index is -0.142. The van der Waals surface area contributed by atoms with E-state index in [9.17, 15) is 4.79 Å². The van der Waals surface area contributed by atoms with Gasteiger partial charge >= 0.3 is 6.03 Å². The van der Waals surface area contributed by atoms with Crippen molar-refractivity contribution in [2.24, 2.45) is 0 Å². The van der Waals surface area contributed by atoms with E-state index in [4.69, 9.17) is 34.8 Å². The zero-order valence-corrected chi connectivity index (χ0v) is 15.1. The number of nitrogens with zero attached hydrogens (tertiary/aromatic N) is 2. The fraction of sp³-hybridized carbons (Fsp3) is 0.235. The van der Waals surface area contributed by atoms with Crippen molar-refractivity contribution >= 4 is 52.2 Å². The Morgan fingerprint density at radius 3 is 2.25 bits per heavy atom. The lowest BCUT2D eigenvalue weighted by Gasteiger charge is -2.36. The maximum Gasteiger partial charge on any atom is 0.322 e. The number of amides is 2. The van der Waals surface area contributed by atoms with Crippen LogP contribution in [0.25, 0.3) is 0 Å². The monoisotopic (exact) mass is 383 g/mol. The molecule has 2 aromatic rings. The summed E-state index contributed by atoms with van der Waals surface area (Å²) in [7, 11) is 0. The first kappa shape index (κ1) is 17.2. The van der Waals surface area contributed by atoms with E-state index < -0.39 is 0 Å². The fourth-order valence-electron chi connectivity index (χ4n) is 2.61. The molecule has 2 amide bonds. The third-order valence-corrected chi connectivity index (χ3v) is 5.02. The van der Waals surface area contributed by atoms with Crippen LogP contribution in [-0.4, -0.2) is 37.1 Å². The van der Waals surface area contributed by atoms with E-state index in [0.717, 1.165) is 18.8 Å². The summed E-state index contributed by atoms with van der Waals surface area (Å²) in [5.74, 6) is 0. The number of carbonyl (C=O) groups is 1. The summed E-state index contributed by atoms with van der Waals surface area (Å²) < 4.78 is 0. The molecule has 0 atom stereocenters. The first-order valence-electron chi connectivity index (χ1n) is 7.55. The zero-order valence-electron chi connectivity index (χ0n) is 12.8. The van der Waals surface area contributed by atoms with Crippen LogP contribution in [0, 0.1) is 0 Å². The molecular formula is C17H16Cl3N3O. The zero-order chi connectivity index (χ0) is 17.1. The normalized spacial score (nSPS) is 14.6. The van der Waals surface area contributed by atoms with Crippen molar-refractivity contribution in [3.8, 4) is 0 Å². The standard InChI is InChI=1S/C17H16Cl3N3O/c18-13-6-5-12(11-15(13)20)22-7-9-23(10-8-22)17(24)21-16-4-2-1-3-14(16)19/h1-6,11H,7-10H2,(H,21,24). The molecule has 24 heavy (non-hydrogen) atoms. The molecule has 2 aromatic carbocycles. The van der Waals surface area contributed by atoms with Gasteiger partial charge in [0.1, 0.15) is 0 Å². The number of urea groups is 1. The van der Waals surface area contributed by atoms with Gasteiger partial charge in [0.15, 0.2) is 0 Å². The largest absolute Gasteiger partial charge is 0.368 e. The van der Waals surface area contributed by atoms with Gasteiger partial charge in [0, 0.05) is 31.9 Å². The summed E-state index contributed by atoms with van der Waals surface area (Å²) in [4.78, 5) is 16.3. The maximum absolute atomic E-state index is 12.4. The van der Waals surface area contributed by atoms with Crippen LogP contribution >= 0.6 is 34.8 Å². The fourth-order valence-corrected chi connectivity index (χ4v) is 3.08. The Labute approximate surface area is 155 Å². The molecule has 0 radical (unpaired) electrons. The number of hydrogen-bond acceptors (Lipinski definition) is 2. The number of hydrogen-bond donors (Lipinski definition) is 1. The minimum absolute atomic E-state index is 0.142. The van der Waals surface area contributed by atoms with Crippen LogP contribution in [0.5, 0.6) is 0 Å². The Balaban J connectivity index is 1.59. The predicted octanol–water partition coefficient (Wildman–Crippen LogP) is 5.00. The van der Waals surface area contributed by atoms with Crippen molar-refractivity contribution in [2.45, 2.75) is 0 Å². The highest BCUT2D eigenvalue weighted by Crippen LogP contribution is 2.28. The average Bonchev–Trinajstić information content (AvgIpc) is 2.59. The smallest absolute Gasteiger partial charge is 0.322 e. The molecule has 0 bridgehead atoms. The van der Waals surface area contributed by atoms with Gasteiger partial charge in [-0.2, -0.15) is 0 Å². The van der Waals surface area contributed by atoms with Crippen molar-refractivity contribution in [1.82, 2.24) is 4.90 Å². The number of piperazine rings is 1. The highest BCUT2D eigenvalue weighted by molar-refractivity contribution is 6.42. The molecule has 0 unspecified atom stereocenters. The Kier molecular flexibility index (Phi) is 5.39. The van der Waals surface area contributed by atoms with Crippen molar-refractivity contribution in [3.05, 3.63) is 57.5 Å². The number of benzene rings is 2. The third-order valence-electron chi connectivity index (χ3n) is 3.95. The number of para-hydroxylation sites is 1. The average molecular weight is 385 g/mol. The highest BCUT2D eigenvalue weighted by Gasteiger charge is 2.22. The summed E-state index contributed by atoms with van der Waals surface area (Å²) in [5.41, 5.74) is 1.63. The van der Waals surface area contributed by atoms with Crippen LogP contribution in [0.3, 0.4) is 0 Å². The van der Waals surface area contributed by atoms with E-state index in [2.05, 4.69) is 10.2 Å². The van der Waals surface area contributed by atoms with Crippen LogP contribution in [0.4, 0.5) is 16.2 Å². The molecule has 1 heterocycles. The lowest BCUT2D eigenvalue weighted by Crippen LogP contribution is -2.50. The molecule has 7 heteroatoms. The van der Waals surface area contributed by atoms with Crippen molar-refractivity contribution in [2.75, 3.05) is 36.4 Å². The van der Waals surface area contributed by atoms with Crippen molar-refractivity contribution < 1.29 is 4.79 Å². The summed E-state index contributed by atoms with van der Waals surface area (Å²) >= 11 is 18.1. The van der Waals surface area contributed by atoms with Crippen LogP contribution in [0.1, 0.15) is 0 Å². The van der Waals surface area contributed by atoms with Gasteiger partial charge in [0.05, 0.1) is 20.8 Å². The molecule has 126 valence electrons. The van der Waals surface area contributed by atoms with Gasteiger partial charge in [-0.05, 0) is 30.3 Å². The van der Waals surface area contributed by atoms with Gasteiger partial charge in [0.25, 0.3) is 0 Å². The number of anilines is 2. The van der Waals surface area contributed by atoms with E-state index >= 15 is 0 Å². The molecule has 1 aliphatic rings. The van der Waals surface area contributed by atoms with Crippen LogP contribution in [0.15, 0.2) is 42.5 Å². The van der Waals surface area contributed by atoms with Crippen LogP contribution in [0.2, 0.25) is 15.1 Å². The molecule has 4 nitrogen and oxygen atoms in total. The molecule has 1 fully saturated rings. The van der Waals surface area contributed by atoms with Gasteiger partial charge in [-0.25, -0.2) is 4.79 Å². The second kappa shape index (κ2) is 7.51. The molecule has 1 N–H and O–H groups in total. The lowest BCUT2D eigenvalue weighted by atomic mass is 10.2. The molecule has 1 aliphatic heterocycles. The van der Waals surface area contributed by atoms with Crippen molar-refractivity contribution in [3.63, 3.8) is 0 Å². The minimum Gasteiger partial charge on any atom is -0.368 e. The first-order valence-corrected chi connectivity index (χ1v) is 8.68. The second-order valence-corrected chi connectivity index (χ2v) is 6.70. The first-order chi connectivity index (χ1) is 11.5. The van der Waals surface area contributed by atoms with Gasteiger partial charge in [-0.15, -0.1) is 0 Å². The van der Waals surface area contributed by atoms with Gasteiger partial charge in [0.2, 0.25) is 0 Å². The van der Waals surface area contributed by atoms with E-state index in [-0.39, 0.29) is 6.03 Å². The predicted molar refractivity (Wildman–Crippen MR) is 101 cm³/mol. The Morgan fingerprint density at radius 1 is 0.875 bits per heavy atom. The topological polar surface area (TPSA) is 35.6 Å².